The van der Waals surface area contributed by atoms with Crippen LogP contribution < -0.4 is 5.32 Å². The van der Waals surface area contributed by atoms with Crippen LogP contribution in [-0.4, -0.2) is 23.6 Å². The van der Waals surface area contributed by atoms with Gasteiger partial charge in [0.1, 0.15) is 0 Å². The van der Waals surface area contributed by atoms with Crippen molar-refractivity contribution >= 4 is 29.3 Å². The Morgan fingerprint density at radius 2 is 2.21 bits per heavy atom. The van der Waals surface area contributed by atoms with Gasteiger partial charge in [-0.25, -0.2) is 0 Å². The number of hydrogen-bond acceptors (Lipinski definition) is 2. The van der Waals surface area contributed by atoms with E-state index in [9.17, 15) is 4.79 Å². The van der Waals surface area contributed by atoms with Gasteiger partial charge in [0.15, 0.2) is 0 Å². The lowest BCUT2D eigenvalue weighted by molar-refractivity contribution is -0.122. The normalized spacial score (nSPS) is 19.3. The van der Waals surface area contributed by atoms with E-state index in [1.807, 2.05) is 18.2 Å². The first kappa shape index (κ1) is 14.7. The molecular weight excluding hydrogens is 278 g/mol. The molecule has 0 aromatic heterocycles. The molecular formula is C15H20ClNOS. The lowest BCUT2D eigenvalue weighted by atomic mass is 10.0. The van der Waals surface area contributed by atoms with E-state index in [1.165, 1.54) is 4.90 Å². The van der Waals surface area contributed by atoms with Gasteiger partial charge in [0.2, 0.25) is 5.91 Å². The molecule has 0 bridgehead atoms. The van der Waals surface area contributed by atoms with E-state index in [0.29, 0.717) is 12.5 Å². The van der Waals surface area contributed by atoms with Crippen molar-refractivity contribution in [2.75, 3.05) is 12.3 Å². The van der Waals surface area contributed by atoms with Crippen LogP contribution in [-0.2, 0) is 4.79 Å². The van der Waals surface area contributed by atoms with Gasteiger partial charge in [-0.1, -0.05) is 32.0 Å². The average molecular weight is 298 g/mol. The van der Waals surface area contributed by atoms with Gasteiger partial charge in [0.25, 0.3) is 0 Å². The number of rotatable bonds is 5. The lowest BCUT2D eigenvalue weighted by Crippen LogP contribution is -2.34. The fourth-order valence-electron chi connectivity index (χ4n) is 2.31. The van der Waals surface area contributed by atoms with E-state index in [0.717, 1.165) is 17.7 Å². The molecule has 1 amide bonds. The van der Waals surface area contributed by atoms with E-state index in [4.69, 9.17) is 11.6 Å². The molecule has 0 saturated carbocycles. The van der Waals surface area contributed by atoms with Crippen LogP contribution >= 0.6 is 23.4 Å². The number of carbonyl (C=O) groups is 1. The fraction of sp³-hybridized carbons (Fsp3) is 0.533. The SMILES string of the molecule is CC(C)CC(Cl)CNC(=O)C1CSc2ccccc21. The molecule has 1 heterocycles. The maximum atomic E-state index is 12.2. The zero-order chi connectivity index (χ0) is 13.8. The number of thioether (sulfide) groups is 1. The maximum Gasteiger partial charge on any atom is 0.228 e. The van der Waals surface area contributed by atoms with Crippen LogP contribution in [0.4, 0.5) is 0 Å². The molecule has 0 radical (unpaired) electrons. The summed E-state index contributed by atoms with van der Waals surface area (Å²) in [4.78, 5) is 13.4. The van der Waals surface area contributed by atoms with Crippen LogP contribution in [0.5, 0.6) is 0 Å². The van der Waals surface area contributed by atoms with Crippen molar-refractivity contribution in [3.63, 3.8) is 0 Å². The number of alkyl halides is 1. The summed E-state index contributed by atoms with van der Waals surface area (Å²) in [6.45, 7) is 4.84. The molecule has 2 rings (SSSR count). The van der Waals surface area contributed by atoms with Gasteiger partial charge < -0.3 is 5.32 Å². The smallest absolute Gasteiger partial charge is 0.228 e. The van der Waals surface area contributed by atoms with Gasteiger partial charge in [0.05, 0.1) is 11.3 Å². The third-order valence-electron chi connectivity index (χ3n) is 3.24. The van der Waals surface area contributed by atoms with E-state index in [2.05, 4.69) is 25.2 Å². The number of amides is 1. The maximum absolute atomic E-state index is 12.2. The molecule has 0 fully saturated rings. The molecule has 1 N–H and O–H groups in total. The fourth-order valence-corrected chi connectivity index (χ4v) is 3.97. The van der Waals surface area contributed by atoms with Gasteiger partial charge in [-0.15, -0.1) is 23.4 Å². The topological polar surface area (TPSA) is 29.1 Å². The number of hydrogen-bond donors (Lipinski definition) is 1. The summed E-state index contributed by atoms with van der Waals surface area (Å²) in [5, 5.41) is 3.01. The second kappa shape index (κ2) is 6.67. The molecule has 2 unspecified atom stereocenters. The summed E-state index contributed by atoms with van der Waals surface area (Å²) in [6.07, 6.45) is 0.928. The Morgan fingerprint density at radius 3 is 2.95 bits per heavy atom. The molecule has 0 saturated heterocycles. The number of carbonyl (C=O) groups excluding carboxylic acids is 1. The van der Waals surface area contributed by atoms with Crippen LogP contribution in [0.1, 0.15) is 31.7 Å². The molecule has 0 spiro atoms. The molecule has 2 atom stereocenters. The lowest BCUT2D eigenvalue weighted by Gasteiger charge is -2.15. The van der Waals surface area contributed by atoms with Crippen molar-refractivity contribution in [2.45, 2.75) is 36.5 Å². The van der Waals surface area contributed by atoms with E-state index in [1.54, 1.807) is 11.8 Å². The molecule has 104 valence electrons. The summed E-state index contributed by atoms with van der Waals surface area (Å²) in [5.41, 5.74) is 1.15. The van der Waals surface area contributed by atoms with E-state index < -0.39 is 0 Å². The first-order chi connectivity index (χ1) is 9.08. The van der Waals surface area contributed by atoms with Crippen molar-refractivity contribution in [1.82, 2.24) is 5.32 Å². The highest BCUT2D eigenvalue weighted by atomic mass is 35.5. The van der Waals surface area contributed by atoms with Gasteiger partial charge in [-0.3, -0.25) is 4.79 Å². The highest BCUT2D eigenvalue weighted by Gasteiger charge is 2.28. The first-order valence-corrected chi connectivity index (χ1v) is 8.13. The minimum atomic E-state index is -0.0240. The largest absolute Gasteiger partial charge is 0.354 e. The Labute approximate surface area is 124 Å². The third-order valence-corrected chi connectivity index (χ3v) is 4.76. The van der Waals surface area contributed by atoms with Crippen molar-refractivity contribution in [3.8, 4) is 0 Å². The standard InChI is InChI=1S/C15H20ClNOS/c1-10(2)7-11(16)8-17-15(18)13-9-19-14-6-4-3-5-12(13)14/h3-6,10-11,13H,7-9H2,1-2H3,(H,17,18). The van der Waals surface area contributed by atoms with Crippen LogP contribution in [0.2, 0.25) is 0 Å². The minimum absolute atomic E-state index is 0.0215. The Morgan fingerprint density at radius 1 is 1.47 bits per heavy atom. The van der Waals surface area contributed by atoms with Crippen molar-refractivity contribution in [3.05, 3.63) is 29.8 Å². The van der Waals surface area contributed by atoms with Gasteiger partial charge in [-0.2, -0.15) is 0 Å². The zero-order valence-electron chi connectivity index (χ0n) is 11.4. The van der Waals surface area contributed by atoms with Crippen LogP contribution in [0.3, 0.4) is 0 Å². The van der Waals surface area contributed by atoms with Crippen molar-refractivity contribution < 1.29 is 4.79 Å². The second-order valence-electron chi connectivity index (χ2n) is 5.37. The van der Waals surface area contributed by atoms with Crippen LogP contribution in [0, 0.1) is 5.92 Å². The molecule has 4 heteroatoms. The summed E-state index contributed by atoms with van der Waals surface area (Å²) in [5.74, 6) is 1.47. The number of nitrogens with one attached hydrogen (secondary N) is 1. The Balaban J connectivity index is 1.88. The number of halogens is 1. The number of fused-ring (bicyclic) bond motifs is 1. The molecule has 19 heavy (non-hydrogen) atoms. The quantitative estimate of drug-likeness (QED) is 0.841. The highest BCUT2D eigenvalue weighted by molar-refractivity contribution is 7.99. The van der Waals surface area contributed by atoms with Crippen molar-refractivity contribution in [1.29, 1.82) is 0 Å². The Bertz CT molecular complexity index is 450. The Kier molecular flexibility index (Phi) is 5.17. The number of benzene rings is 1. The molecule has 0 aliphatic carbocycles. The Hall–Kier alpha value is -0.670. The summed E-state index contributed by atoms with van der Waals surface area (Å²) in [6, 6.07) is 8.14. The highest BCUT2D eigenvalue weighted by Crippen LogP contribution is 2.39. The molecule has 1 aliphatic heterocycles. The summed E-state index contributed by atoms with van der Waals surface area (Å²) >= 11 is 7.96. The predicted octanol–water partition coefficient (Wildman–Crippen LogP) is 3.65. The van der Waals surface area contributed by atoms with Crippen LogP contribution in [0.15, 0.2) is 29.2 Å². The summed E-state index contributed by atoms with van der Waals surface area (Å²) in [7, 11) is 0. The van der Waals surface area contributed by atoms with Crippen molar-refractivity contribution in [2.24, 2.45) is 5.92 Å². The van der Waals surface area contributed by atoms with Gasteiger partial charge >= 0.3 is 0 Å². The van der Waals surface area contributed by atoms with Crippen LogP contribution in [0.25, 0.3) is 0 Å². The molecule has 1 aliphatic rings. The van der Waals surface area contributed by atoms with E-state index in [-0.39, 0.29) is 17.2 Å². The first-order valence-electron chi connectivity index (χ1n) is 6.71. The second-order valence-corrected chi connectivity index (χ2v) is 7.05. The van der Waals surface area contributed by atoms with E-state index >= 15 is 0 Å². The zero-order valence-corrected chi connectivity index (χ0v) is 12.9. The minimum Gasteiger partial charge on any atom is -0.354 e. The third kappa shape index (κ3) is 3.90. The van der Waals surface area contributed by atoms with Gasteiger partial charge in [-0.05, 0) is 24.0 Å². The monoisotopic (exact) mass is 297 g/mol. The molecule has 2 nitrogen and oxygen atoms in total. The summed E-state index contributed by atoms with van der Waals surface area (Å²) < 4.78 is 0. The predicted molar refractivity (Wildman–Crippen MR) is 82.0 cm³/mol. The average Bonchev–Trinajstić information content (AvgIpc) is 2.79. The molecule has 1 aromatic carbocycles. The van der Waals surface area contributed by atoms with Gasteiger partial charge in [0, 0.05) is 17.2 Å². The molecule has 1 aromatic rings.